The molecule has 255 valence electrons. The van der Waals surface area contributed by atoms with Crippen LogP contribution in [0.2, 0.25) is 19.6 Å². The molecule has 8 aromatic rings. The van der Waals surface area contributed by atoms with Crippen LogP contribution < -0.4 is 5.19 Å². The number of fused-ring (bicyclic) bond motifs is 3. The minimum Gasteiger partial charge on any atom is -0.500 e. The van der Waals surface area contributed by atoms with Crippen molar-refractivity contribution >= 4 is 35.2 Å². The van der Waals surface area contributed by atoms with Crippen molar-refractivity contribution in [2.75, 3.05) is 0 Å². The van der Waals surface area contributed by atoms with Gasteiger partial charge in [0, 0.05) is 44.8 Å². The number of rotatable bonds is 6. The number of nitrogens with zero attached hydrogens (tertiary/aromatic N) is 2. The molecule has 0 unspecified atom stereocenters. The van der Waals surface area contributed by atoms with Crippen LogP contribution in [-0.4, -0.2) is 18.0 Å². The number of aromatic nitrogens is 2. The van der Waals surface area contributed by atoms with Crippen molar-refractivity contribution in [3.05, 3.63) is 164 Å². The van der Waals surface area contributed by atoms with E-state index >= 15 is 0 Å². The van der Waals surface area contributed by atoms with Crippen LogP contribution in [-0.2, 0) is 20.1 Å². The van der Waals surface area contributed by atoms with E-state index < -0.39 is 14.0 Å². The SMILES string of the molecule is C[Si](C)(C)c1ccc(-c2[c-]cccc2)nc1.[2H]C(C)(C)c1ccnc(-c2[c-]cc3oc4c(-c5ccccc5)cc(-c5ccccc5)cc4c3c2)c1.[Ir]. The summed E-state index contributed by atoms with van der Waals surface area (Å²) in [6.07, 6.45) is 3.79. The van der Waals surface area contributed by atoms with Crippen molar-refractivity contribution in [2.24, 2.45) is 0 Å². The quantitative estimate of drug-likeness (QED) is 0.124. The van der Waals surface area contributed by atoms with Gasteiger partial charge in [-0.15, -0.1) is 59.7 Å². The van der Waals surface area contributed by atoms with Crippen molar-refractivity contribution < 1.29 is 25.9 Å². The molecule has 3 heterocycles. The van der Waals surface area contributed by atoms with Gasteiger partial charge in [0.15, 0.2) is 0 Å². The number of pyridine rings is 2. The normalized spacial score (nSPS) is 11.7. The molecule has 0 spiro atoms. The van der Waals surface area contributed by atoms with Gasteiger partial charge in [0.2, 0.25) is 0 Å². The number of benzene rings is 5. The summed E-state index contributed by atoms with van der Waals surface area (Å²) in [6.45, 7) is 10.8. The zero-order valence-electron chi connectivity index (χ0n) is 30.5. The van der Waals surface area contributed by atoms with Crippen molar-refractivity contribution in [1.82, 2.24) is 9.97 Å². The third kappa shape index (κ3) is 8.02. The van der Waals surface area contributed by atoms with E-state index in [0.29, 0.717) is 0 Å². The fourth-order valence-electron chi connectivity index (χ4n) is 6.04. The van der Waals surface area contributed by atoms with Crippen LogP contribution in [0.3, 0.4) is 0 Å². The van der Waals surface area contributed by atoms with E-state index in [-0.39, 0.29) is 20.1 Å². The average Bonchev–Trinajstić information content (AvgIpc) is 3.53. The largest absolute Gasteiger partial charge is 0.500 e. The first kappa shape index (κ1) is 34.5. The Kier molecular flexibility index (Phi) is 10.5. The average molecular weight is 858 g/mol. The summed E-state index contributed by atoms with van der Waals surface area (Å²) < 4.78 is 14.8. The second-order valence-electron chi connectivity index (χ2n) is 13.7. The summed E-state index contributed by atoms with van der Waals surface area (Å²) in [4.78, 5) is 9.10. The molecule has 0 saturated carbocycles. The minimum absolute atomic E-state index is 0. The smallest absolute Gasteiger partial charge is 0.128 e. The molecule has 3 aromatic heterocycles. The molecule has 3 nitrogen and oxygen atoms in total. The van der Waals surface area contributed by atoms with Gasteiger partial charge >= 0.3 is 0 Å². The summed E-state index contributed by atoms with van der Waals surface area (Å²) in [6, 6.07) is 51.9. The Morgan fingerprint density at radius 2 is 1.39 bits per heavy atom. The van der Waals surface area contributed by atoms with Crippen LogP contribution in [0, 0.1) is 12.1 Å². The fraction of sp³-hybridized carbons (Fsp3) is 0.130. The van der Waals surface area contributed by atoms with Gasteiger partial charge in [0.25, 0.3) is 0 Å². The minimum atomic E-state index is -1.23. The third-order valence-corrected chi connectivity index (χ3v) is 11.0. The van der Waals surface area contributed by atoms with Crippen LogP contribution in [0.1, 0.15) is 26.7 Å². The van der Waals surface area contributed by atoms with Crippen LogP contribution in [0.15, 0.2) is 150 Å². The Morgan fingerprint density at radius 1 is 0.667 bits per heavy atom. The van der Waals surface area contributed by atoms with Crippen LogP contribution in [0.5, 0.6) is 0 Å². The summed E-state index contributed by atoms with van der Waals surface area (Å²) in [5.41, 5.74) is 10.8. The third-order valence-electron chi connectivity index (χ3n) is 8.92. The van der Waals surface area contributed by atoms with Crippen LogP contribution >= 0.6 is 0 Å². The molecule has 1 radical (unpaired) electrons. The van der Waals surface area contributed by atoms with Crippen molar-refractivity contribution in [3.63, 3.8) is 0 Å². The Bertz CT molecular complexity index is 2420. The molecule has 0 aliphatic rings. The molecule has 0 atom stereocenters. The van der Waals surface area contributed by atoms with Gasteiger partial charge in [-0.2, -0.15) is 0 Å². The zero-order chi connectivity index (χ0) is 35.6. The van der Waals surface area contributed by atoms with E-state index in [1.807, 2.05) is 74.6 Å². The molecule has 0 saturated heterocycles. The van der Waals surface area contributed by atoms with Crippen LogP contribution in [0.25, 0.3) is 66.7 Å². The predicted octanol–water partition coefficient (Wildman–Crippen LogP) is 12.0. The Hall–Kier alpha value is -4.93. The maximum Gasteiger partial charge on any atom is 0.128 e. The molecule has 0 amide bonds. The Balaban J connectivity index is 0.000000230. The van der Waals surface area contributed by atoms with Gasteiger partial charge in [0.05, 0.1) is 13.7 Å². The molecule has 0 aliphatic carbocycles. The Morgan fingerprint density at radius 3 is 2.04 bits per heavy atom. The molecule has 0 N–H and O–H groups in total. The van der Waals surface area contributed by atoms with Gasteiger partial charge in [0.1, 0.15) is 5.58 Å². The molecule has 51 heavy (non-hydrogen) atoms. The summed E-state index contributed by atoms with van der Waals surface area (Å²) >= 11 is 0. The molecular formula is C46H40IrN2OSi-2. The number of hydrogen-bond donors (Lipinski definition) is 0. The maximum absolute atomic E-state index is 8.40. The van der Waals surface area contributed by atoms with Gasteiger partial charge in [-0.25, -0.2) is 0 Å². The zero-order valence-corrected chi connectivity index (χ0v) is 32.9. The van der Waals surface area contributed by atoms with E-state index in [1.165, 1.54) is 5.19 Å². The standard InChI is InChI=1S/C32H24NO.C14H16NSi.Ir/c1-21(2)24-15-16-33-30(20-24)25-13-14-31-28(17-25)29-19-26(22-9-5-3-6-10-22)18-27(32(29)34-31)23-11-7-4-8-12-23;1-16(2,3)13-9-10-14(15-11-13)12-7-5-4-6-8-12;/h3-12,14-21H,1-2H3;4-7,9-11H,1-3H3;/q2*-1;/i21D;;. The number of furan rings is 1. The van der Waals surface area contributed by atoms with E-state index in [4.69, 9.17) is 5.79 Å². The molecule has 5 heteroatoms. The molecule has 5 aromatic carbocycles. The van der Waals surface area contributed by atoms with E-state index in [2.05, 4.69) is 121 Å². The number of hydrogen-bond acceptors (Lipinski definition) is 3. The first-order chi connectivity index (χ1) is 24.5. The molecule has 8 rings (SSSR count). The fourth-order valence-corrected chi connectivity index (χ4v) is 7.07. The summed E-state index contributed by atoms with van der Waals surface area (Å²) in [5, 5.41) is 3.49. The molecule has 0 fully saturated rings. The predicted molar refractivity (Wildman–Crippen MR) is 212 cm³/mol. The second kappa shape index (κ2) is 15.5. The van der Waals surface area contributed by atoms with Gasteiger partial charge in [-0.05, 0) is 57.4 Å². The summed E-state index contributed by atoms with van der Waals surface area (Å²) in [5.74, 6) is -0.695. The topological polar surface area (TPSA) is 38.9 Å². The van der Waals surface area contributed by atoms with Gasteiger partial charge < -0.3 is 14.4 Å². The molecule has 0 aliphatic heterocycles. The van der Waals surface area contributed by atoms with E-state index in [9.17, 15) is 0 Å². The van der Waals surface area contributed by atoms with Gasteiger partial charge in [-0.1, -0.05) is 123 Å². The summed E-state index contributed by atoms with van der Waals surface area (Å²) in [7, 11) is -1.23. The molecule has 0 bridgehead atoms. The van der Waals surface area contributed by atoms with Crippen LogP contribution in [0.4, 0.5) is 0 Å². The maximum atomic E-state index is 8.40. The van der Waals surface area contributed by atoms with Crippen molar-refractivity contribution in [3.8, 4) is 44.8 Å². The van der Waals surface area contributed by atoms with E-state index in [0.717, 1.165) is 72.3 Å². The van der Waals surface area contributed by atoms with Crippen molar-refractivity contribution in [2.45, 2.75) is 39.4 Å². The van der Waals surface area contributed by atoms with E-state index in [1.54, 1.807) is 6.20 Å². The monoisotopic (exact) mass is 858 g/mol. The molecular weight excluding hydrogens is 817 g/mol. The second-order valence-corrected chi connectivity index (χ2v) is 18.8. The first-order valence-corrected chi connectivity index (χ1v) is 20.5. The Labute approximate surface area is 317 Å². The first-order valence-electron chi connectivity index (χ1n) is 17.5. The van der Waals surface area contributed by atoms with Crippen molar-refractivity contribution in [1.29, 1.82) is 0 Å². The van der Waals surface area contributed by atoms with Gasteiger partial charge in [-0.3, -0.25) is 0 Å².